The van der Waals surface area contributed by atoms with Crippen molar-refractivity contribution in [2.45, 2.75) is 13.0 Å². The van der Waals surface area contributed by atoms with E-state index in [4.69, 9.17) is 10.8 Å². The van der Waals surface area contributed by atoms with E-state index in [1.165, 1.54) is 5.56 Å². The summed E-state index contributed by atoms with van der Waals surface area (Å²) in [5.74, 6) is -0.755. The maximum absolute atomic E-state index is 10.8. The number of benzene rings is 1. The van der Waals surface area contributed by atoms with Gasteiger partial charge in [-0.25, -0.2) is 0 Å². The molecule has 0 radical (unpaired) electrons. The topological polar surface area (TPSA) is 66.6 Å². The second kappa shape index (κ2) is 4.85. The third kappa shape index (κ3) is 2.84. The summed E-state index contributed by atoms with van der Waals surface area (Å²) >= 11 is 0. The Kier molecular flexibility index (Phi) is 3.45. The standard InChI is InChI=1S/C13H18N2O2/c14-8-13(6-12(16)17)9-15(10-13)7-11-4-2-1-3-5-11/h1-5H,6-10,14H2,(H,16,17). The van der Waals surface area contributed by atoms with Crippen LogP contribution in [0.3, 0.4) is 0 Å². The largest absolute Gasteiger partial charge is 0.481 e. The molecule has 4 heteroatoms. The molecule has 1 saturated heterocycles. The summed E-state index contributed by atoms with van der Waals surface area (Å²) in [5.41, 5.74) is 6.73. The third-order valence-corrected chi connectivity index (χ3v) is 3.33. The van der Waals surface area contributed by atoms with Gasteiger partial charge in [-0.3, -0.25) is 9.69 Å². The van der Waals surface area contributed by atoms with Crippen LogP contribution in [0.1, 0.15) is 12.0 Å². The summed E-state index contributed by atoms with van der Waals surface area (Å²) in [6, 6.07) is 10.2. The van der Waals surface area contributed by atoms with Crippen molar-refractivity contribution in [3.05, 3.63) is 35.9 Å². The number of carbonyl (C=O) groups is 1. The zero-order valence-electron chi connectivity index (χ0n) is 9.80. The number of carboxylic acids is 1. The predicted molar refractivity (Wildman–Crippen MR) is 65.5 cm³/mol. The second-order valence-electron chi connectivity index (χ2n) is 4.91. The van der Waals surface area contributed by atoms with Crippen LogP contribution in [0.2, 0.25) is 0 Å². The van der Waals surface area contributed by atoms with E-state index >= 15 is 0 Å². The molecule has 17 heavy (non-hydrogen) atoms. The molecule has 3 N–H and O–H groups in total. The summed E-state index contributed by atoms with van der Waals surface area (Å²) in [4.78, 5) is 13.0. The Labute approximate surface area is 101 Å². The van der Waals surface area contributed by atoms with Crippen molar-refractivity contribution in [3.63, 3.8) is 0 Å². The van der Waals surface area contributed by atoms with E-state index in [-0.39, 0.29) is 11.8 Å². The van der Waals surface area contributed by atoms with Crippen molar-refractivity contribution in [3.8, 4) is 0 Å². The Bertz CT molecular complexity index is 386. The predicted octanol–water partition coefficient (Wildman–Crippen LogP) is 0.922. The van der Waals surface area contributed by atoms with Gasteiger partial charge < -0.3 is 10.8 Å². The monoisotopic (exact) mass is 234 g/mol. The van der Waals surface area contributed by atoms with Gasteiger partial charge in [0.25, 0.3) is 0 Å². The minimum atomic E-state index is -0.755. The quantitative estimate of drug-likeness (QED) is 0.795. The van der Waals surface area contributed by atoms with Crippen LogP contribution in [0.4, 0.5) is 0 Å². The number of rotatable bonds is 5. The Morgan fingerprint density at radius 1 is 1.35 bits per heavy atom. The number of nitrogens with two attached hydrogens (primary N) is 1. The van der Waals surface area contributed by atoms with Crippen LogP contribution in [0.15, 0.2) is 30.3 Å². The van der Waals surface area contributed by atoms with Crippen LogP contribution >= 0.6 is 0 Å². The number of aliphatic carboxylic acids is 1. The highest BCUT2D eigenvalue weighted by atomic mass is 16.4. The molecule has 0 saturated carbocycles. The molecule has 0 amide bonds. The highest BCUT2D eigenvalue weighted by Gasteiger charge is 2.43. The molecule has 2 rings (SSSR count). The molecular weight excluding hydrogens is 216 g/mol. The minimum absolute atomic E-state index is 0.175. The Morgan fingerprint density at radius 3 is 2.53 bits per heavy atom. The van der Waals surface area contributed by atoms with Crippen molar-refractivity contribution < 1.29 is 9.90 Å². The molecule has 92 valence electrons. The lowest BCUT2D eigenvalue weighted by molar-refractivity contribution is -0.143. The Morgan fingerprint density at radius 2 is 2.00 bits per heavy atom. The summed E-state index contributed by atoms with van der Waals surface area (Å²) in [6.07, 6.45) is 0.175. The molecule has 0 bridgehead atoms. The van der Waals surface area contributed by atoms with Gasteiger partial charge in [0.05, 0.1) is 6.42 Å². The van der Waals surface area contributed by atoms with E-state index in [1.807, 2.05) is 18.2 Å². The lowest BCUT2D eigenvalue weighted by Crippen LogP contribution is -2.59. The molecule has 1 aromatic carbocycles. The summed E-state index contributed by atoms with van der Waals surface area (Å²) in [7, 11) is 0. The van der Waals surface area contributed by atoms with Crippen LogP contribution in [0.5, 0.6) is 0 Å². The summed E-state index contributed by atoms with van der Waals surface area (Å²) in [5, 5.41) is 8.85. The normalized spacial score (nSPS) is 18.6. The first-order chi connectivity index (χ1) is 8.13. The van der Waals surface area contributed by atoms with Crippen molar-refractivity contribution in [2.24, 2.45) is 11.1 Å². The fourth-order valence-corrected chi connectivity index (χ4v) is 2.49. The highest BCUT2D eigenvalue weighted by Crippen LogP contribution is 2.33. The van der Waals surface area contributed by atoms with Gasteiger partial charge in [0, 0.05) is 31.6 Å². The maximum Gasteiger partial charge on any atom is 0.304 e. The van der Waals surface area contributed by atoms with Crippen LogP contribution in [-0.4, -0.2) is 35.6 Å². The van der Waals surface area contributed by atoms with E-state index in [9.17, 15) is 4.79 Å². The summed E-state index contributed by atoms with van der Waals surface area (Å²) in [6.45, 7) is 2.89. The molecule has 0 atom stereocenters. The second-order valence-corrected chi connectivity index (χ2v) is 4.91. The van der Waals surface area contributed by atoms with Gasteiger partial charge in [0.15, 0.2) is 0 Å². The first kappa shape index (κ1) is 12.1. The minimum Gasteiger partial charge on any atom is -0.481 e. The molecule has 0 aromatic heterocycles. The fraction of sp³-hybridized carbons (Fsp3) is 0.462. The molecule has 1 fully saturated rings. The molecule has 0 spiro atoms. The fourth-order valence-electron chi connectivity index (χ4n) is 2.49. The van der Waals surface area contributed by atoms with Crippen molar-refractivity contribution in [1.29, 1.82) is 0 Å². The molecule has 1 aliphatic heterocycles. The number of nitrogens with zero attached hydrogens (tertiary/aromatic N) is 1. The molecule has 4 nitrogen and oxygen atoms in total. The van der Waals surface area contributed by atoms with Crippen LogP contribution in [0, 0.1) is 5.41 Å². The first-order valence-electron chi connectivity index (χ1n) is 5.82. The molecule has 0 aliphatic carbocycles. The number of carboxylic acid groups (broad SMARTS) is 1. The van der Waals surface area contributed by atoms with Crippen LogP contribution in [0.25, 0.3) is 0 Å². The molecule has 1 aromatic rings. The average Bonchev–Trinajstić information content (AvgIpc) is 2.26. The first-order valence-corrected chi connectivity index (χ1v) is 5.82. The maximum atomic E-state index is 10.8. The van der Waals surface area contributed by atoms with Gasteiger partial charge in [0.2, 0.25) is 0 Å². The lowest BCUT2D eigenvalue weighted by Gasteiger charge is -2.49. The molecular formula is C13H18N2O2. The Hall–Kier alpha value is -1.39. The van der Waals surface area contributed by atoms with Gasteiger partial charge in [-0.1, -0.05) is 30.3 Å². The van der Waals surface area contributed by atoms with Gasteiger partial charge in [-0.05, 0) is 5.56 Å². The van der Waals surface area contributed by atoms with Crippen LogP contribution in [-0.2, 0) is 11.3 Å². The summed E-state index contributed by atoms with van der Waals surface area (Å²) < 4.78 is 0. The van der Waals surface area contributed by atoms with Gasteiger partial charge in [-0.15, -0.1) is 0 Å². The number of hydrogen-bond acceptors (Lipinski definition) is 3. The number of likely N-dealkylation sites (tertiary alicyclic amines) is 1. The zero-order valence-corrected chi connectivity index (χ0v) is 9.80. The van der Waals surface area contributed by atoms with E-state index in [0.717, 1.165) is 19.6 Å². The molecule has 1 heterocycles. The van der Waals surface area contributed by atoms with Crippen molar-refractivity contribution in [2.75, 3.05) is 19.6 Å². The van der Waals surface area contributed by atoms with E-state index in [2.05, 4.69) is 17.0 Å². The lowest BCUT2D eigenvalue weighted by atomic mass is 9.76. The smallest absolute Gasteiger partial charge is 0.304 e. The molecule has 0 unspecified atom stereocenters. The highest BCUT2D eigenvalue weighted by molar-refractivity contribution is 5.68. The zero-order chi connectivity index (χ0) is 12.3. The molecule has 1 aliphatic rings. The van der Waals surface area contributed by atoms with E-state index in [0.29, 0.717) is 6.54 Å². The van der Waals surface area contributed by atoms with Crippen LogP contribution < -0.4 is 5.73 Å². The van der Waals surface area contributed by atoms with Gasteiger partial charge >= 0.3 is 5.97 Å². The van der Waals surface area contributed by atoms with Crippen molar-refractivity contribution in [1.82, 2.24) is 4.90 Å². The van der Waals surface area contributed by atoms with E-state index in [1.54, 1.807) is 0 Å². The third-order valence-electron chi connectivity index (χ3n) is 3.33. The van der Waals surface area contributed by atoms with Gasteiger partial charge in [0.1, 0.15) is 0 Å². The Balaban J connectivity index is 1.87. The number of hydrogen-bond donors (Lipinski definition) is 2. The average molecular weight is 234 g/mol. The van der Waals surface area contributed by atoms with Gasteiger partial charge in [-0.2, -0.15) is 0 Å². The van der Waals surface area contributed by atoms with Crippen molar-refractivity contribution >= 4 is 5.97 Å². The van der Waals surface area contributed by atoms with E-state index < -0.39 is 5.97 Å². The SMILES string of the molecule is NCC1(CC(=O)O)CN(Cc2ccccc2)C1.